The zero-order valence-electron chi connectivity index (χ0n) is 19.4. The number of rotatable bonds is 5. The molecule has 0 radical (unpaired) electrons. The first-order valence-corrected chi connectivity index (χ1v) is 11.1. The van der Waals surface area contributed by atoms with Crippen LogP contribution in [0.15, 0.2) is 33.9 Å². The molecule has 1 fully saturated rings. The second-order valence-corrected chi connectivity index (χ2v) is 8.88. The maximum atomic E-state index is 13.8. The van der Waals surface area contributed by atoms with Gasteiger partial charge in [-0.25, -0.2) is 14.2 Å². The molecule has 1 aliphatic rings. The molecule has 176 valence electrons. The molecule has 0 atom stereocenters. The number of amides is 1. The second kappa shape index (κ2) is 8.93. The minimum atomic E-state index is -0.449. The van der Waals surface area contributed by atoms with Gasteiger partial charge in [0.2, 0.25) is 5.91 Å². The smallest absolute Gasteiger partial charge is 0.332 e. The molecule has 0 saturated carbocycles. The van der Waals surface area contributed by atoms with Crippen molar-refractivity contribution in [3.8, 4) is 0 Å². The average molecular weight is 457 g/mol. The zero-order valence-corrected chi connectivity index (χ0v) is 19.4. The SMILES string of the molecule is CC(C)C(=O)N1CCN(Cc2nc3c(c(=O)n(C)c(=O)n3C)n2Cc2cccc(F)c2)CC1. The van der Waals surface area contributed by atoms with E-state index in [4.69, 9.17) is 0 Å². The topological polar surface area (TPSA) is 85.4 Å². The fraction of sp³-hybridized carbons (Fsp3) is 0.478. The molecule has 1 aromatic carbocycles. The summed E-state index contributed by atoms with van der Waals surface area (Å²) in [4.78, 5) is 46.5. The summed E-state index contributed by atoms with van der Waals surface area (Å²) in [5.74, 6) is 0.372. The van der Waals surface area contributed by atoms with E-state index in [1.807, 2.05) is 18.7 Å². The summed E-state index contributed by atoms with van der Waals surface area (Å²) >= 11 is 0. The first-order valence-electron chi connectivity index (χ1n) is 11.1. The van der Waals surface area contributed by atoms with Crippen molar-refractivity contribution in [2.45, 2.75) is 26.9 Å². The van der Waals surface area contributed by atoms with E-state index in [9.17, 15) is 18.8 Å². The Kier molecular flexibility index (Phi) is 6.20. The summed E-state index contributed by atoms with van der Waals surface area (Å²) in [5, 5.41) is 0. The van der Waals surface area contributed by atoms with E-state index >= 15 is 0 Å². The highest BCUT2D eigenvalue weighted by Crippen LogP contribution is 2.18. The minimum absolute atomic E-state index is 0.0375. The van der Waals surface area contributed by atoms with Gasteiger partial charge in [0.25, 0.3) is 5.56 Å². The Hall–Kier alpha value is -3.27. The van der Waals surface area contributed by atoms with Gasteiger partial charge in [-0.3, -0.25) is 23.6 Å². The van der Waals surface area contributed by atoms with Crippen molar-refractivity contribution in [1.82, 2.24) is 28.5 Å². The largest absolute Gasteiger partial charge is 0.340 e. The average Bonchev–Trinajstić information content (AvgIpc) is 3.14. The summed E-state index contributed by atoms with van der Waals surface area (Å²) in [6, 6.07) is 6.22. The number of benzene rings is 1. The lowest BCUT2D eigenvalue weighted by atomic mass is 10.1. The number of carbonyl (C=O) groups excluding carboxylic acids is 1. The van der Waals surface area contributed by atoms with Crippen LogP contribution in [-0.4, -0.2) is 60.6 Å². The van der Waals surface area contributed by atoms with Crippen molar-refractivity contribution in [1.29, 1.82) is 0 Å². The van der Waals surface area contributed by atoms with Crippen molar-refractivity contribution in [2.75, 3.05) is 26.2 Å². The number of fused-ring (bicyclic) bond motifs is 1. The van der Waals surface area contributed by atoms with Gasteiger partial charge in [0.05, 0.1) is 6.54 Å². The normalized spacial score (nSPS) is 15.0. The quantitative estimate of drug-likeness (QED) is 0.570. The first kappa shape index (κ1) is 22.9. The number of carbonyl (C=O) groups is 1. The van der Waals surface area contributed by atoms with Crippen LogP contribution in [0.3, 0.4) is 0 Å². The van der Waals surface area contributed by atoms with Gasteiger partial charge in [-0.15, -0.1) is 0 Å². The van der Waals surface area contributed by atoms with E-state index < -0.39 is 11.2 Å². The summed E-state index contributed by atoms with van der Waals surface area (Å²) in [6.07, 6.45) is 0. The molecule has 4 rings (SSSR count). The Labute approximate surface area is 190 Å². The third kappa shape index (κ3) is 4.35. The second-order valence-electron chi connectivity index (χ2n) is 8.88. The highest BCUT2D eigenvalue weighted by atomic mass is 19.1. The molecule has 1 amide bonds. The molecule has 1 aliphatic heterocycles. The maximum Gasteiger partial charge on any atom is 0.332 e. The minimum Gasteiger partial charge on any atom is -0.340 e. The lowest BCUT2D eigenvalue weighted by Crippen LogP contribution is -2.49. The van der Waals surface area contributed by atoms with Gasteiger partial charge < -0.3 is 9.47 Å². The number of halogens is 1. The molecule has 0 spiro atoms. The first-order chi connectivity index (χ1) is 15.7. The Balaban J connectivity index is 1.71. The fourth-order valence-electron chi connectivity index (χ4n) is 4.29. The third-order valence-electron chi connectivity index (χ3n) is 6.20. The number of hydrogen-bond acceptors (Lipinski definition) is 5. The Morgan fingerprint density at radius 2 is 1.76 bits per heavy atom. The molecule has 0 N–H and O–H groups in total. The molecule has 33 heavy (non-hydrogen) atoms. The van der Waals surface area contributed by atoms with Crippen LogP contribution in [0.2, 0.25) is 0 Å². The summed E-state index contributed by atoms with van der Waals surface area (Å²) < 4.78 is 18.0. The molecular formula is C23H29FN6O3. The lowest BCUT2D eigenvalue weighted by Gasteiger charge is -2.35. The molecule has 3 aromatic rings. The maximum absolute atomic E-state index is 13.8. The van der Waals surface area contributed by atoms with Crippen LogP contribution in [0, 0.1) is 11.7 Å². The van der Waals surface area contributed by atoms with Crippen LogP contribution in [0.5, 0.6) is 0 Å². The van der Waals surface area contributed by atoms with Crippen LogP contribution in [0.4, 0.5) is 4.39 Å². The van der Waals surface area contributed by atoms with Crippen molar-refractivity contribution in [3.05, 3.63) is 62.3 Å². The molecule has 3 heterocycles. The van der Waals surface area contributed by atoms with E-state index in [-0.39, 0.29) is 24.2 Å². The Morgan fingerprint density at radius 3 is 2.39 bits per heavy atom. The van der Waals surface area contributed by atoms with Crippen LogP contribution < -0.4 is 11.2 Å². The lowest BCUT2D eigenvalue weighted by molar-refractivity contribution is -0.136. The van der Waals surface area contributed by atoms with E-state index in [1.54, 1.807) is 23.7 Å². The van der Waals surface area contributed by atoms with E-state index in [0.717, 1.165) is 4.57 Å². The highest BCUT2D eigenvalue weighted by Gasteiger charge is 2.25. The predicted molar refractivity (Wildman–Crippen MR) is 122 cm³/mol. The Bertz CT molecular complexity index is 1310. The molecule has 9 nitrogen and oxygen atoms in total. The fourth-order valence-corrected chi connectivity index (χ4v) is 4.29. The van der Waals surface area contributed by atoms with Crippen molar-refractivity contribution in [3.63, 3.8) is 0 Å². The molecule has 2 aromatic heterocycles. The van der Waals surface area contributed by atoms with Crippen LogP contribution in [-0.2, 0) is 32.0 Å². The highest BCUT2D eigenvalue weighted by molar-refractivity contribution is 5.78. The monoisotopic (exact) mass is 456 g/mol. The van der Waals surface area contributed by atoms with Crippen molar-refractivity contribution in [2.24, 2.45) is 20.0 Å². The molecule has 1 saturated heterocycles. The van der Waals surface area contributed by atoms with Crippen LogP contribution >= 0.6 is 0 Å². The van der Waals surface area contributed by atoms with Gasteiger partial charge in [0, 0.05) is 52.7 Å². The number of aryl methyl sites for hydroxylation is 1. The van der Waals surface area contributed by atoms with Crippen LogP contribution in [0.1, 0.15) is 25.2 Å². The van der Waals surface area contributed by atoms with Crippen molar-refractivity contribution < 1.29 is 9.18 Å². The third-order valence-corrected chi connectivity index (χ3v) is 6.20. The van der Waals surface area contributed by atoms with Gasteiger partial charge in [0.15, 0.2) is 11.2 Å². The summed E-state index contributed by atoms with van der Waals surface area (Å²) in [7, 11) is 3.03. The zero-order chi connectivity index (χ0) is 23.9. The number of hydrogen-bond donors (Lipinski definition) is 0. The molecular weight excluding hydrogens is 427 g/mol. The number of nitrogens with zero attached hydrogens (tertiary/aromatic N) is 6. The summed E-state index contributed by atoms with van der Waals surface area (Å²) in [6.45, 7) is 7.11. The summed E-state index contributed by atoms with van der Waals surface area (Å²) in [5.41, 5.74) is 0.431. The standard InChI is InChI=1S/C23H29FN6O3/c1-15(2)21(31)29-10-8-28(9-11-29)14-18-25-20-19(22(32)27(4)23(33)26(20)3)30(18)13-16-6-5-7-17(24)12-16/h5-7,12,15H,8-11,13-14H2,1-4H3. The Morgan fingerprint density at radius 1 is 1.06 bits per heavy atom. The van der Waals surface area contributed by atoms with Gasteiger partial charge in [-0.1, -0.05) is 26.0 Å². The molecule has 10 heteroatoms. The van der Waals surface area contributed by atoms with Crippen molar-refractivity contribution >= 4 is 17.1 Å². The van der Waals surface area contributed by atoms with E-state index in [2.05, 4.69) is 9.88 Å². The van der Waals surface area contributed by atoms with Gasteiger partial charge in [0.1, 0.15) is 11.6 Å². The molecule has 0 aliphatic carbocycles. The van der Waals surface area contributed by atoms with Gasteiger partial charge in [-0.2, -0.15) is 0 Å². The van der Waals surface area contributed by atoms with Crippen LogP contribution in [0.25, 0.3) is 11.2 Å². The van der Waals surface area contributed by atoms with E-state index in [1.165, 1.54) is 23.7 Å². The van der Waals surface area contributed by atoms with Gasteiger partial charge in [-0.05, 0) is 17.7 Å². The van der Waals surface area contributed by atoms with Gasteiger partial charge >= 0.3 is 5.69 Å². The van der Waals surface area contributed by atoms with E-state index in [0.29, 0.717) is 55.3 Å². The number of piperazine rings is 1. The molecule has 0 bridgehead atoms. The predicted octanol–water partition coefficient (Wildman–Crippen LogP) is 0.921. The molecule has 0 unspecified atom stereocenters. The number of aromatic nitrogens is 4. The number of imidazole rings is 1.